The van der Waals surface area contributed by atoms with Gasteiger partial charge in [0.2, 0.25) is 5.91 Å². The van der Waals surface area contributed by atoms with Crippen molar-refractivity contribution in [3.63, 3.8) is 0 Å². The lowest BCUT2D eigenvalue weighted by atomic mass is 10.1. The summed E-state index contributed by atoms with van der Waals surface area (Å²) in [7, 11) is 1.64. The second kappa shape index (κ2) is 9.02. The van der Waals surface area contributed by atoms with Crippen LogP contribution in [-0.2, 0) is 11.3 Å². The van der Waals surface area contributed by atoms with Gasteiger partial charge in [-0.3, -0.25) is 10.1 Å². The number of hydrogen-bond donors (Lipinski definition) is 2. The van der Waals surface area contributed by atoms with Crippen molar-refractivity contribution in [3.8, 4) is 5.75 Å². The standard InChI is InChI=1S/C20H25BrN2O2/c1-13-7-5-6-8-17(13)12-22-20(24)15(3)23-14(2)16-9-10-19(25-4)18(21)11-16/h5-11,14-15,23H,12H2,1-4H3,(H,22,24). The Morgan fingerprint density at radius 1 is 1.20 bits per heavy atom. The minimum Gasteiger partial charge on any atom is -0.496 e. The van der Waals surface area contributed by atoms with Crippen molar-refractivity contribution in [1.29, 1.82) is 0 Å². The molecule has 0 heterocycles. The second-order valence-electron chi connectivity index (χ2n) is 6.15. The highest BCUT2D eigenvalue weighted by molar-refractivity contribution is 9.10. The fraction of sp³-hybridized carbons (Fsp3) is 0.350. The minimum atomic E-state index is -0.292. The van der Waals surface area contributed by atoms with Crippen LogP contribution in [0.2, 0.25) is 0 Å². The molecule has 0 aliphatic carbocycles. The van der Waals surface area contributed by atoms with Gasteiger partial charge in [-0.25, -0.2) is 0 Å². The number of hydrogen-bond acceptors (Lipinski definition) is 3. The molecule has 0 aromatic heterocycles. The zero-order chi connectivity index (χ0) is 18.4. The van der Waals surface area contributed by atoms with E-state index in [9.17, 15) is 4.79 Å². The Morgan fingerprint density at radius 3 is 2.56 bits per heavy atom. The number of methoxy groups -OCH3 is 1. The third kappa shape index (κ3) is 5.31. The molecule has 5 heteroatoms. The average molecular weight is 405 g/mol. The van der Waals surface area contributed by atoms with E-state index in [0.717, 1.165) is 21.3 Å². The molecule has 0 aliphatic rings. The molecule has 1 amide bonds. The Hall–Kier alpha value is -1.85. The Labute approximate surface area is 158 Å². The van der Waals surface area contributed by atoms with Crippen molar-refractivity contribution in [3.05, 3.63) is 63.6 Å². The van der Waals surface area contributed by atoms with Gasteiger partial charge in [0.15, 0.2) is 0 Å². The van der Waals surface area contributed by atoms with Crippen LogP contribution in [0.1, 0.15) is 36.6 Å². The number of rotatable bonds is 7. The third-order valence-electron chi connectivity index (χ3n) is 4.28. The van der Waals surface area contributed by atoms with Gasteiger partial charge in [-0.2, -0.15) is 0 Å². The summed E-state index contributed by atoms with van der Waals surface area (Å²) in [5, 5.41) is 6.33. The van der Waals surface area contributed by atoms with E-state index in [-0.39, 0.29) is 18.0 Å². The summed E-state index contributed by atoms with van der Waals surface area (Å²) in [5.74, 6) is 0.780. The molecule has 0 spiro atoms. The van der Waals surface area contributed by atoms with Crippen molar-refractivity contribution < 1.29 is 9.53 Å². The lowest BCUT2D eigenvalue weighted by molar-refractivity contribution is -0.123. The number of carbonyl (C=O) groups is 1. The third-order valence-corrected chi connectivity index (χ3v) is 4.90. The van der Waals surface area contributed by atoms with Gasteiger partial charge in [0.05, 0.1) is 17.6 Å². The summed E-state index contributed by atoms with van der Waals surface area (Å²) in [5.41, 5.74) is 3.40. The zero-order valence-corrected chi connectivity index (χ0v) is 16.7. The molecule has 2 atom stereocenters. The van der Waals surface area contributed by atoms with Crippen LogP contribution in [0.5, 0.6) is 5.75 Å². The number of aryl methyl sites for hydroxylation is 1. The topological polar surface area (TPSA) is 50.4 Å². The fourth-order valence-electron chi connectivity index (χ4n) is 2.64. The molecule has 0 saturated carbocycles. The highest BCUT2D eigenvalue weighted by Gasteiger charge is 2.17. The van der Waals surface area contributed by atoms with Crippen molar-refractivity contribution in [2.45, 2.75) is 39.4 Å². The predicted molar refractivity (Wildman–Crippen MR) is 105 cm³/mol. The highest BCUT2D eigenvalue weighted by Crippen LogP contribution is 2.28. The molecular formula is C20H25BrN2O2. The molecule has 25 heavy (non-hydrogen) atoms. The zero-order valence-electron chi connectivity index (χ0n) is 15.1. The van der Waals surface area contributed by atoms with E-state index in [1.807, 2.05) is 63.2 Å². The summed E-state index contributed by atoms with van der Waals surface area (Å²) in [6, 6.07) is 13.7. The van der Waals surface area contributed by atoms with E-state index < -0.39 is 0 Å². The monoisotopic (exact) mass is 404 g/mol. The predicted octanol–water partition coefficient (Wildman–Crippen LogP) is 4.12. The van der Waals surface area contributed by atoms with Crippen LogP contribution in [0.4, 0.5) is 0 Å². The average Bonchev–Trinajstić information content (AvgIpc) is 2.60. The molecule has 4 nitrogen and oxygen atoms in total. The maximum absolute atomic E-state index is 12.4. The Bertz CT molecular complexity index is 733. The lowest BCUT2D eigenvalue weighted by Gasteiger charge is -2.21. The first-order valence-corrected chi connectivity index (χ1v) is 9.13. The summed E-state index contributed by atoms with van der Waals surface area (Å²) in [4.78, 5) is 12.4. The van der Waals surface area contributed by atoms with Gasteiger partial charge in [-0.1, -0.05) is 30.3 Å². The van der Waals surface area contributed by atoms with Crippen molar-refractivity contribution in [2.75, 3.05) is 7.11 Å². The molecule has 2 aromatic rings. The summed E-state index contributed by atoms with van der Waals surface area (Å²) in [6.07, 6.45) is 0. The fourth-order valence-corrected chi connectivity index (χ4v) is 3.20. The SMILES string of the molecule is COc1ccc(C(C)NC(C)C(=O)NCc2ccccc2C)cc1Br. The number of ether oxygens (including phenoxy) is 1. The molecule has 2 N–H and O–H groups in total. The first-order valence-electron chi connectivity index (χ1n) is 8.34. The van der Waals surface area contributed by atoms with E-state index in [2.05, 4.69) is 26.6 Å². The lowest BCUT2D eigenvalue weighted by Crippen LogP contribution is -2.42. The molecule has 2 rings (SSSR count). The molecule has 0 radical (unpaired) electrons. The summed E-state index contributed by atoms with van der Waals surface area (Å²) >= 11 is 3.50. The number of amides is 1. The number of nitrogens with one attached hydrogen (secondary N) is 2. The minimum absolute atomic E-state index is 0.0114. The summed E-state index contributed by atoms with van der Waals surface area (Å²) in [6.45, 7) is 6.51. The van der Waals surface area contributed by atoms with E-state index >= 15 is 0 Å². The maximum Gasteiger partial charge on any atom is 0.237 e. The normalized spacial score (nSPS) is 13.2. The van der Waals surface area contributed by atoms with Crippen LogP contribution >= 0.6 is 15.9 Å². The van der Waals surface area contributed by atoms with E-state index in [0.29, 0.717) is 6.54 Å². The Balaban J connectivity index is 1.91. The molecular weight excluding hydrogens is 380 g/mol. The van der Waals surface area contributed by atoms with Crippen LogP contribution in [0.3, 0.4) is 0 Å². The van der Waals surface area contributed by atoms with E-state index in [1.54, 1.807) is 7.11 Å². The van der Waals surface area contributed by atoms with Crippen LogP contribution in [0.25, 0.3) is 0 Å². The highest BCUT2D eigenvalue weighted by atomic mass is 79.9. The van der Waals surface area contributed by atoms with Crippen LogP contribution in [0, 0.1) is 6.92 Å². The largest absolute Gasteiger partial charge is 0.496 e. The van der Waals surface area contributed by atoms with Gasteiger partial charge in [-0.15, -0.1) is 0 Å². The van der Waals surface area contributed by atoms with Gasteiger partial charge in [-0.05, 0) is 65.5 Å². The van der Waals surface area contributed by atoms with Crippen molar-refractivity contribution >= 4 is 21.8 Å². The van der Waals surface area contributed by atoms with Gasteiger partial charge in [0.1, 0.15) is 5.75 Å². The van der Waals surface area contributed by atoms with E-state index in [4.69, 9.17) is 4.74 Å². The van der Waals surface area contributed by atoms with E-state index in [1.165, 1.54) is 5.56 Å². The maximum atomic E-state index is 12.4. The van der Waals surface area contributed by atoms with Crippen molar-refractivity contribution in [1.82, 2.24) is 10.6 Å². The van der Waals surface area contributed by atoms with Crippen molar-refractivity contribution in [2.24, 2.45) is 0 Å². The first kappa shape index (κ1) is 19.5. The molecule has 0 bridgehead atoms. The molecule has 0 aliphatic heterocycles. The molecule has 0 saturated heterocycles. The second-order valence-corrected chi connectivity index (χ2v) is 7.00. The van der Waals surface area contributed by atoms with Gasteiger partial charge >= 0.3 is 0 Å². The molecule has 0 fully saturated rings. The smallest absolute Gasteiger partial charge is 0.237 e. The number of halogens is 1. The Kier molecular flexibility index (Phi) is 7.02. The molecule has 134 valence electrons. The number of benzene rings is 2. The molecule has 2 unspecified atom stereocenters. The van der Waals surface area contributed by atoms with Crippen LogP contribution in [0.15, 0.2) is 46.9 Å². The Morgan fingerprint density at radius 2 is 1.92 bits per heavy atom. The van der Waals surface area contributed by atoms with Gasteiger partial charge in [0, 0.05) is 12.6 Å². The van der Waals surface area contributed by atoms with Crippen LogP contribution < -0.4 is 15.4 Å². The van der Waals surface area contributed by atoms with Gasteiger partial charge in [0.25, 0.3) is 0 Å². The quantitative estimate of drug-likeness (QED) is 0.729. The first-order chi connectivity index (χ1) is 11.9. The summed E-state index contributed by atoms with van der Waals surface area (Å²) < 4.78 is 6.15. The van der Waals surface area contributed by atoms with Gasteiger partial charge < -0.3 is 10.1 Å². The van der Waals surface area contributed by atoms with Crippen LogP contribution in [-0.4, -0.2) is 19.1 Å². The molecule has 2 aromatic carbocycles. The number of carbonyl (C=O) groups excluding carboxylic acids is 1.